The highest BCUT2D eigenvalue weighted by Gasteiger charge is 2.35. The van der Waals surface area contributed by atoms with Gasteiger partial charge in [-0.2, -0.15) is 0 Å². The molecule has 3 aromatic carbocycles. The van der Waals surface area contributed by atoms with E-state index in [1.807, 2.05) is 18.2 Å². The molecule has 0 aliphatic heterocycles. The molecular formula is C28H22F2N4O2. The van der Waals surface area contributed by atoms with Crippen LogP contribution in [-0.2, 0) is 0 Å². The van der Waals surface area contributed by atoms with Gasteiger partial charge in [-0.3, -0.25) is 9.59 Å². The second kappa shape index (κ2) is 8.41. The summed E-state index contributed by atoms with van der Waals surface area (Å²) < 4.78 is 30.2. The Kier molecular flexibility index (Phi) is 5.17. The number of aromatic amines is 1. The second-order valence-electron chi connectivity index (χ2n) is 9.18. The van der Waals surface area contributed by atoms with Crippen LogP contribution in [0.4, 0.5) is 8.78 Å². The van der Waals surface area contributed by atoms with Crippen molar-refractivity contribution in [3.63, 3.8) is 0 Å². The summed E-state index contributed by atoms with van der Waals surface area (Å²) >= 11 is 0. The number of imidazole rings is 1. The lowest BCUT2D eigenvalue weighted by atomic mass is 9.99. The normalized spacial score (nSPS) is 14.3. The maximum Gasteiger partial charge on any atom is 0.268 e. The summed E-state index contributed by atoms with van der Waals surface area (Å²) in [6.45, 7) is 1.64. The Bertz CT molecular complexity index is 1690. The number of halogens is 2. The van der Waals surface area contributed by atoms with Crippen LogP contribution in [0.1, 0.15) is 40.5 Å². The van der Waals surface area contributed by atoms with E-state index in [-0.39, 0.29) is 34.0 Å². The third-order valence-electron chi connectivity index (χ3n) is 6.80. The average molecular weight is 485 g/mol. The number of carbonyl (C=O) groups excluding carboxylic acids is 1. The summed E-state index contributed by atoms with van der Waals surface area (Å²) in [6.07, 6.45) is 1.82. The first-order valence-corrected chi connectivity index (χ1v) is 11.8. The topological polar surface area (TPSA) is 79.8 Å². The van der Waals surface area contributed by atoms with E-state index >= 15 is 4.39 Å². The molecule has 2 N–H and O–H groups in total. The molecule has 1 amide bonds. The van der Waals surface area contributed by atoms with Crippen molar-refractivity contribution in [1.29, 1.82) is 0 Å². The van der Waals surface area contributed by atoms with Crippen molar-refractivity contribution in [3.05, 3.63) is 106 Å². The van der Waals surface area contributed by atoms with Gasteiger partial charge in [0, 0.05) is 11.1 Å². The van der Waals surface area contributed by atoms with E-state index in [0.717, 1.165) is 12.8 Å². The first-order valence-electron chi connectivity index (χ1n) is 11.8. The first kappa shape index (κ1) is 22.2. The van der Waals surface area contributed by atoms with Gasteiger partial charge in [0.2, 0.25) is 5.95 Å². The van der Waals surface area contributed by atoms with Crippen molar-refractivity contribution in [2.75, 3.05) is 0 Å². The van der Waals surface area contributed by atoms with Crippen molar-refractivity contribution in [2.24, 2.45) is 5.92 Å². The summed E-state index contributed by atoms with van der Waals surface area (Å²) in [5, 5.41) is 3.07. The van der Waals surface area contributed by atoms with Gasteiger partial charge in [-0.1, -0.05) is 36.4 Å². The minimum atomic E-state index is -0.722. The summed E-state index contributed by atoms with van der Waals surface area (Å²) in [7, 11) is 0. The van der Waals surface area contributed by atoms with Gasteiger partial charge in [0.25, 0.3) is 11.5 Å². The Labute approximate surface area is 204 Å². The number of pyridine rings is 1. The van der Waals surface area contributed by atoms with E-state index in [2.05, 4.69) is 15.3 Å². The van der Waals surface area contributed by atoms with Gasteiger partial charge in [0.05, 0.1) is 28.0 Å². The molecule has 1 aliphatic carbocycles. The van der Waals surface area contributed by atoms with E-state index in [4.69, 9.17) is 0 Å². The predicted molar refractivity (Wildman–Crippen MR) is 133 cm³/mol. The van der Waals surface area contributed by atoms with Gasteiger partial charge >= 0.3 is 0 Å². The van der Waals surface area contributed by atoms with E-state index < -0.39 is 23.3 Å². The van der Waals surface area contributed by atoms with E-state index in [1.165, 1.54) is 28.8 Å². The van der Waals surface area contributed by atoms with Crippen molar-refractivity contribution >= 4 is 27.7 Å². The van der Waals surface area contributed by atoms with Crippen LogP contribution in [0.25, 0.3) is 27.8 Å². The molecule has 1 atom stereocenters. The lowest BCUT2D eigenvalue weighted by molar-refractivity contribution is 0.0932. The van der Waals surface area contributed by atoms with Crippen LogP contribution in [0, 0.1) is 24.5 Å². The summed E-state index contributed by atoms with van der Waals surface area (Å²) in [6, 6.07) is 17.3. The van der Waals surface area contributed by atoms with Crippen LogP contribution in [0.5, 0.6) is 0 Å². The fraction of sp³-hybridized carbons (Fsp3) is 0.179. The molecule has 36 heavy (non-hydrogen) atoms. The predicted octanol–water partition coefficient (Wildman–Crippen LogP) is 5.33. The molecule has 1 aliphatic rings. The van der Waals surface area contributed by atoms with Crippen molar-refractivity contribution in [2.45, 2.75) is 25.8 Å². The number of benzene rings is 3. The van der Waals surface area contributed by atoms with Crippen LogP contribution in [0.3, 0.4) is 0 Å². The van der Waals surface area contributed by atoms with Crippen LogP contribution < -0.4 is 10.9 Å². The number of amides is 1. The lowest BCUT2D eigenvalue weighted by Gasteiger charge is -2.21. The van der Waals surface area contributed by atoms with Crippen LogP contribution in [0.2, 0.25) is 0 Å². The molecule has 8 heteroatoms. The Hall–Kier alpha value is -4.33. The highest BCUT2D eigenvalue weighted by molar-refractivity contribution is 6.08. The van der Waals surface area contributed by atoms with Gasteiger partial charge in [0.1, 0.15) is 11.6 Å². The molecule has 0 radical (unpaired) electrons. The third-order valence-corrected chi connectivity index (χ3v) is 6.80. The molecular weight excluding hydrogens is 462 g/mol. The molecule has 6 rings (SSSR count). The number of hydrogen-bond donors (Lipinski definition) is 2. The maximum atomic E-state index is 15.0. The van der Waals surface area contributed by atoms with Crippen LogP contribution >= 0.6 is 0 Å². The van der Waals surface area contributed by atoms with Crippen LogP contribution in [0.15, 0.2) is 71.5 Å². The number of fused-ring (bicyclic) bond motifs is 2. The Balaban J connectivity index is 1.53. The third kappa shape index (κ3) is 3.66. The SMILES string of the molecule is Cc1c(C(=O)N[C@H](c2cccc(F)c2)C2CC2)c2cccc(F)c2c(=O)n1-c1nc2ccccc2[nH]1. The van der Waals surface area contributed by atoms with Gasteiger partial charge in [-0.25, -0.2) is 18.3 Å². The number of aromatic nitrogens is 3. The molecule has 0 saturated heterocycles. The first-order chi connectivity index (χ1) is 17.4. The summed E-state index contributed by atoms with van der Waals surface area (Å²) in [4.78, 5) is 34.9. The zero-order chi connectivity index (χ0) is 25.0. The Morgan fingerprint density at radius 2 is 1.86 bits per heavy atom. The summed E-state index contributed by atoms with van der Waals surface area (Å²) in [5.41, 5.74) is 1.90. The molecule has 1 saturated carbocycles. The molecule has 1 fully saturated rings. The monoisotopic (exact) mass is 484 g/mol. The van der Waals surface area contributed by atoms with Gasteiger partial charge in [0.15, 0.2) is 0 Å². The number of para-hydroxylation sites is 2. The lowest BCUT2D eigenvalue weighted by Crippen LogP contribution is -2.33. The molecule has 0 unspecified atom stereocenters. The largest absolute Gasteiger partial charge is 0.345 e. The van der Waals surface area contributed by atoms with E-state index in [1.54, 1.807) is 31.2 Å². The molecule has 0 bridgehead atoms. The number of carbonyl (C=O) groups is 1. The van der Waals surface area contributed by atoms with Gasteiger partial charge in [-0.15, -0.1) is 0 Å². The second-order valence-corrected chi connectivity index (χ2v) is 9.18. The number of nitrogens with zero attached hydrogens (tertiary/aromatic N) is 2. The maximum absolute atomic E-state index is 15.0. The fourth-order valence-corrected chi connectivity index (χ4v) is 4.92. The number of nitrogens with one attached hydrogen (secondary N) is 2. The van der Waals surface area contributed by atoms with E-state index in [9.17, 15) is 14.0 Å². The zero-order valence-corrected chi connectivity index (χ0v) is 19.4. The van der Waals surface area contributed by atoms with Crippen molar-refractivity contribution in [3.8, 4) is 5.95 Å². The molecule has 5 aromatic rings. The quantitative estimate of drug-likeness (QED) is 0.354. The molecule has 2 heterocycles. The smallest absolute Gasteiger partial charge is 0.268 e. The summed E-state index contributed by atoms with van der Waals surface area (Å²) in [5.74, 6) is -1.19. The van der Waals surface area contributed by atoms with Gasteiger partial charge in [-0.05, 0) is 61.6 Å². The zero-order valence-electron chi connectivity index (χ0n) is 19.4. The number of rotatable bonds is 5. The molecule has 6 nitrogen and oxygen atoms in total. The van der Waals surface area contributed by atoms with Gasteiger partial charge < -0.3 is 10.3 Å². The Morgan fingerprint density at radius 1 is 1.08 bits per heavy atom. The van der Waals surface area contributed by atoms with Crippen molar-refractivity contribution < 1.29 is 13.6 Å². The minimum Gasteiger partial charge on any atom is -0.345 e. The van der Waals surface area contributed by atoms with E-state index in [0.29, 0.717) is 22.3 Å². The Morgan fingerprint density at radius 3 is 2.61 bits per heavy atom. The molecule has 0 spiro atoms. The number of H-pyrrole nitrogens is 1. The minimum absolute atomic E-state index is 0.173. The highest BCUT2D eigenvalue weighted by atomic mass is 19.1. The number of hydrogen-bond acceptors (Lipinski definition) is 3. The highest BCUT2D eigenvalue weighted by Crippen LogP contribution is 2.41. The molecule has 180 valence electrons. The standard InChI is InChI=1S/C28H22F2N4O2/c1-15-23(26(35)33-25(16-12-13-16)17-6-4-7-18(29)14-17)19-8-5-9-20(30)24(19)27(36)34(15)28-31-21-10-2-3-11-22(21)32-28/h2-11,14,16,25H,12-13H2,1H3,(H,31,32)(H,33,35)/t25-/m0/s1. The fourth-order valence-electron chi connectivity index (χ4n) is 4.92. The average Bonchev–Trinajstić information content (AvgIpc) is 3.60. The molecule has 2 aromatic heterocycles. The van der Waals surface area contributed by atoms with Crippen LogP contribution in [-0.4, -0.2) is 20.4 Å². The van der Waals surface area contributed by atoms with Crippen molar-refractivity contribution in [1.82, 2.24) is 19.9 Å².